The van der Waals surface area contributed by atoms with Crippen molar-refractivity contribution in [3.8, 4) is 11.5 Å². The van der Waals surface area contributed by atoms with Crippen LogP contribution in [0, 0.1) is 12.8 Å². The van der Waals surface area contributed by atoms with E-state index >= 15 is 0 Å². The highest BCUT2D eigenvalue weighted by atomic mass is 32.1. The van der Waals surface area contributed by atoms with E-state index in [1.54, 1.807) is 17.4 Å². The summed E-state index contributed by atoms with van der Waals surface area (Å²) in [6, 6.07) is 3.03. The fourth-order valence-corrected chi connectivity index (χ4v) is 4.94. The SMILES string of the molecule is Cc1ncc(CN(CCc2nc3c4ccc5c(c4nc(N)n3n2)OC(F)(F)O5)CC2CC2)s1. The van der Waals surface area contributed by atoms with Crippen LogP contribution in [0.1, 0.15) is 28.6 Å². The zero-order valence-electron chi connectivity index (χ0n) is 17.8. The third-order valence-corrected chi connectivity index (χ3v) is 6.69. The summed E-state index contributed by atoms with van der Waals surface area (Å²) in [6.45, 7) is 4.68. The predicted molar refractivity (Wildman–Crippen MR) is 117 cm³/mol. The second kappa shape index (κ2) is 7.45. The molecule has 1 aromatic carbocycles. The van der Waals surface area contributed by atoms with Gasteiger partial charge in [0.15, 0.2) is 23.0 Å². The second-order valence-electron chi connectivity index (χ2n) is 8.46. The van der Waals surface area contributed by atoms with Gasteiger partial charge < -0.3 is 15.2 Å². The Morgan fingerprint density at radius 2 is 2.12 bits per heavy atom. The van der Waals surface area contributed by atoms with Crippen LogP contribution in [-0.4, -0.2) is 48.9 Å². The van der Waals surface area contributed by atoms with Crippen LogP contribution in [0.25, 0.3) is 16.6 Å². The van der Waals surface area contributed by atoms with Gasteiger partial charge in [-0.3, -0.25) is 4.90 Å². The van der Waals surface area contributed by atoms with Crippen LogP contribution in [-0.2, 0) is 13.0 Å². The van der Waals surface area contributed by atoms with Gasteiger partial charge in [-0.05, 0) is 37.8 Å². The van der Waals surface area contributed by atoms with E-state index in [1.165, 1.54) is 28.3 Å². The number of nitrogen functional groups attached to an aromatic ring is 1. The van der Waals surface area contributed by atoms with Crippen LogP contribution in [0.2, 0.25) is 0 Å². The van der Waals surface area contributed by atoms with Crippen molar-refractivity contribution in [2.24, 2.45) is 5.92 Å². The molecule has 4 aromatic rings. The van der Waals surface area contributed by atoms with E-state index in [-0.39, 0.29) is 23.0 Å². The Labute approximate surface area is 191 Å². The molecule has 6 rings (SSSR count). The second-order valence-corrected chi connectivity index (χ2v) is 9.78. The lowest BCUT2D eigenvalue weighted by Gasteiger charge is -2.20. The van der Waals surface area contributed by atoms with Crippen LogP contribution in [0.3, 0.4) is 0 Å². The van der Waals surface area contributed by atoms with Gasteiger partial charge in [-0.25, -0.2) is 15.0 Å². The molecule has 172 valence electrons. The van der Waals surface area contributed by atoms with E-state index in [1.807, 2.05) is 13.1 Å². The zero-order chi connectivity index (χ0) is 22.7. The van der Waals surface area contributed by atoms with Gasteiger partial charge in [-0.2, -0.15) is 4.52 Å². The molecule has 4 heterocycles. The summed E-state index contributed by atoms with van der Waals surface area (Å²) in [6.07, 6.45) is 1.37. The number of nitrogens with two attached hydrogens (primary N) is 1. The third kappa shape index (κ3) is 3.93. The number of rotatable bonds is 7. The van der Waals surface area contributed by atoms with E-state index in [4.69, 9.17) is 5.73 Å². The summed E-state index contributed by atoms with van der Waals surface area (Å²) in [4.78, 5) is 16.9. The quantitative estimate of drug-likeness (QED) is 0.436. The Bertz CT molecular complexity index is 1370. The molecule has 0 atom stereocenters. The smallest absolute Gasteiger partial charge is 0.395 e. The Morgan fingerprint density at radius 1 is 1.27 bits per heavy atom. The molecule has 1 fully saturated rings. The first-order chi connectivity index (χ1) is 15.8. The van der Waals surface area contributed by atoms with Crippen LogP contribution in [0.5, 0.6) is 11.5 Å². The number of hydrogen-bond donors (Lipinski definition) is 1. The van der Waals surface area contributed by atoms with Crippen molar-refractivity contribution in [3.05, 3.63) is 34.0 Å². The van der Waals surface area contributed by atoms with Crippen LogP contribution in [0.4, 0.5) is 14.7 Å². The van der Waals surface area contributed by atoms with E-state index in [0.717, 1.165) is 30.6 Å². The largest absolute Gasteiger partial charge is 0.586 e. The zero-order valence-corrected chi connectivity index (χ0v) is 18.6. The highest BCUT2D eigenvalue weighted by molar-refractivity contribution is 7.11. The molecule has 0 unspecified atom stereocenters. The number of aryl methyl sites for hydroxylation is 1. The third-order valence-electron chi connectivity index (χ3n) is 5.79. The topological polar surface area (TPSA) is 104 Å². The summed E-state index contributed by atoms with van der Waals surface area (Å²) in [5.74, 6) is 1.17. The summed E-state index contributed by atoms with van der Waals surface area (Å²) >= 11 is 1.71. The van der Waals surface area contributed by atoms with Gasteiger partial charge >= 0.3 is 6.29 Å². The highest BCUT2D eigenvalue weighted by Crippen LogP contribution is 2.45. The molecular weight excluding hydrogens is 452 g/mol. The molecular formula is C21H21F2N7O2S. The molecule has 33 heavy (non-hydrogen) atoms. The fourth-order valence-electron chi connectivity index (χ4n) is 4.10. The number of halogens is 2. The molecule has 1 aliphatic carbocycles. The number of anilines is 1. The van der Waals surface area contributed by atoms with Gasteiger partial charge in [0, 0.05) is 42.5 Å². The van der Waals surface area contributed by atoms with Crippen LogP contribution in [0.15, 0.2) is 18.3 Å². The molecule has 0 amide bonds. The molecule has 2 aliphatic rings. The van der Waals surface area contributed by atoms with Crippen molar-refractivity contribution < 1.29 is 18.3 Å². The monoisotopic (exact) mass is 473 g/mol. The number of ether oxygens (including phenoxy) is 2. The first kappa shape index (κ1) is 20.5. The van der Waals surface area contributed by atoms with Crippen LogP contribution >= 0.6 is 11.3 Å². The van der Waals surface area contributed by atoms with Crippen molar-refractivity contribution in [1.82, 2.24) is 29.5 Å². The molecule has 0 bridgehead atoms. The van der Waals surface area contributed by atoms with Crippen molar-refractivity contribution in [2.75, 3.05) is 18.8 Å². The molecule has 1 saturated carbocycles. The molecule has 3 aromatic heterocycles. The van der Waals surface area contributed by atoms with E-state index in [2.05, 4.69) is 34.4 Å². The molecule has 0 radical (unpaired) electrons. The number of fused-ring (bicyclic) bond motifs is 5. The summed E-state index contributed by atoms with van der Waals surface area (Å²) < 4.78 is 37.8. The van der Waals surface area contributed by atoms with Crippen LogP contribution < -0.4 is 15.2 Å². The van der Waals surface area contributed by atoms with Crippen molar-refractivity contribution in [1.29, 1.82) is 0 Å². The average molecular weight is 474 g/mol. The number of nitrogens with zero attached hydrogens (tertiary/aromatic N) is 6. The Hall–Kier alpha value is -3.12. The minimum atomic E-state index is -3.74. The number of alkyl halides is 2. The fraction of sp³-hybridized carbons (Fsp3) is 0.429. The van der Waals surface area contributed by atoms with E-state index in [0.29, 0.717) is 23.3 Å². The number of aromatic nitrogens is 5. The average Bonchev–Trinajstić information content (AvgIpc) is 3.15. The first-order valence-corrected chi connectivity index (χ1v) is 11.5. The molecule has 2 N–H and O–H groups in total. The normalized spacial score (nSPS) is 17.0. The van der Waals surface area contributed by atoms with Gasteiger partial charge in [0.2, 0.25) is 5.95 Å². The maximum atomic E-state index is 13.6. The predicted octanol–water partition coefficient (Wildman–Crippen LogP) is 3.40. The lowest BCUT2D eigenvalue weighted by Crippen LogP contribution is -2.27. The summed E-state index contributed by atoms with van der Waals surface area (Å²) in [5.41, 5.74) is 6.70. The maximum Gasteiger partial charge on any atom is 0.586 e. The minimum Gasteiger partial charge on any atom is -0.395 e. The van der Waals surface area contributed by atoms with E-state index in [9.17, 15) is 8.78 Å². The van der Waals surface area contributed by atoms with E-state index < -0.39 is 6.29 Å². The lowest BCUT2D eigenvalue weighted by atomic mass is 10.2. The van der Waals surface area contributed by atoms with Crippen molar-refractivity contribution in [3.63, 3.8) is 0 Å². The molecule has 0 saturated heterocycles. The summed E-state index contributed by atoms with van der Waals surface area (Å²) in [5, 5.41) is 6.10. The van der Waals surface area contributed by atoms with Gasteiger partial charge in [-0.15, -0.1) is 25.2 Å². The number of hydrogen-bond acceptors (Lipinski definition) is 9. The van der Waals surface area contributed by atoms with Gasteiger partial charge in [-0.1, -0.05) is 0 Å². The van der Waals surface area contributed by atoms with Crippen molar-refractivity contribution >= 4 is 33.8 Å². The highest BCUT2D eigenvalue weighted by Gasteiger charge is 2.45. The van der Waals surface area contributed by atoms with Gasteiger partial charge in [0.05, 0.1) is 5.01 Å². The van der Waals surface area contributed by atoms with Gasteiger partial charge in [0.25, 0.3) is 0 Å². The summed E-state index contributed by atoms with van der Waals surface area (Å²) in [7, 11) is 0. The Balaban J connectivity index is 1.28. The maximum absolute atomic E-state index is 13.6. The molecule has 0 spiro atoms. The number of thiazole rings is 1. The lowest BCUT2D eigenvalue weighted by molar-refractivity contribution is -0.286. The number of benzene rings is 1. The molecule has 9 nitrogen and oxygen atoms in total. The Kier molecular flexibility index (Phi) is 4.63. The first-order valence-electron chi connectivity index (χ1n) is 10.7. The minimum absolute atomic E-state index is 0.0402. The molecule has 12 heteroatoms. The van der Waals surface area contributed by atoms with Gasteiger partial charge in [0.1, 0.15) is 5.52 Å². The Morgan fingerprint density at radius 3 is 2.88 bits per heavy atom. The standard InChI is InChI=1S/C21H21F2N7O2S/c1-11-25-8-13(33-11)10-29(9-12-2-3-12)7-6-16-26-19-14-4-5-15-18(32-21(22,23)31-15)17(14)27-20(24)30(19)28-16/h4-5,8,12H,2-3,6-7,9-10H2,1H3,(H2,24,27). The van der Waals surface area contributed by atoms with Crippen molar-refractivity contribution in [2.45, 2.75) is 39.0 Å². The molecule has 1 aliphatic heterocycles.